The van der Waals surface area contributed by atoms with Gasteiger partial charge in [0.2, 0.25) is 0 Å². The average molecular weight is 189 g/mol. The molecule has 0 radical (unpaired) electrons. The summed E-state index contributed by atoms with van der Waals surface area (Å²) in [5.74, 6) is 0.373. The molecule has 0 aliphatic carbocycles. The van der Waals surface area contributed by atoms with Crippen LogP contribution in [0.1, 0.15) is 41.5 Å². The molecule has 0 aliphatic rings. The highest BCUT2D eigenvalue weighted by molar-refractivity contribution is 5.67. The Morgan fingerprint density at radius 1 is 1.31 bits per heavy atom. The van der Waals surface area contributed by atoms with Crippen molar-refractivity contribution in [1.29, 1.82) is 0 Å². The molecule has 3 heteroatoms. The first-order valence-corrected chi connectivity index (χ1v) is 5.02. The Morgan fingerprint density at radius 2 is 1.77 bits per heavy atom. The minimum atomic E-state index is -0.325. The molecule has 0 aromatic rings. The summed E-state index contributed by atoms with van der Waals surface area (Å²) in [6, 6.07) is 0. The number of hydrogen-bond donors (Lipinski definition) is 1. The molecule has 0 aliphatic heterocycles. The monoisotopic (exact) mass is 189 g/mol. The SMILES string of the molecule is CC.CCNC(=O)O[C@@H](C)C(C)C. The molecule has 1 N–H and O–H groups in total. The van der Waals surface area contributed by atoms with Gasteiger partial charge in [0, 0.05) is 6.54 Å². The number of rotatable bonds is 3. The molecule has 80 valence electrons. The largest absolute Gasteiger partial charge is 0.446 e. The number of amides is 1. The second-order valence-corrected chi connectivity index (χ2v) is 2.88. The normalized spacial score (nSPS) is 11.3. The number of carbonyl (C=O) groups is 1. The van der Waals surface area contributed by atoms with Gasteiger partial charge in [-0.1, -0.05) is 27.7 Å². The van der Waals surface area contributed by atoms with Crippen LogP contribution in [0.25, 0.3) is 0 Å². The van der Waals surface area contributed by atoms with Gasteiger partial charge < -0.3 is 10.1 Å². The van der Waals surface area contributed by atoms with E-state index in [0.29, 0.717) is 12.5 Å². The fraction of sp³-hybridized carbons (Fsp3) is 0.900. The van der Waals surface area contributed by atoms with Crippen LogP contribution < -0.4 is 5.32 Å². The van der Waals surface area contributed by atoms with Crippen molar-refractivity contribution in [2.24, 2.45) is 5.92 Å². The zero-order valence-electron chi connectivity index (χ0n) is 9.68. The van der Waals surface area contributed by atoms with E-state index in [2.05, 4.69) is 5.32 Å². The summed E-state index contributed by atoms with van der Waals surface area (Å²) in [7, 11) is 0. The lowest BCUT2D eigenvalue weighted by molar-refractivity contribution is 0.0826. The van der Waals surface area contributed by atoms with E-state index in [1.807, 2.05) is 41.5 Å². The lowest BCUT2D eigenvalue weighted by atomic mass is 10.1. The molecule has 13 heavy (non-hydrogen) atoms. The molecule has 0 aromatic carbocycles. The van der Waals surface area contributed by atoms with E-state index in [1.54, 1.807) is 0 Å². The van der Waals surface area contributed by atoms with E-state index in [-0.39, 0.29) is 12.2 Å². The Kier molecular flexibility index (Phi) is 10.6. The van der Waals surface area contributed by atoms with Crippen molar-refractivity contribution >= 4 is 6.09 Å². The third-order valence-corrected chi connectivity index (χ3v) is 1.55. The van der Waals surface area contributed by atoms with E-state index in [1.165, 1.54) is 0 Å². The third kappa shape index (κ3) is 9.18. The molecule has 0 bridgehead atoms. The van der Waals surface area contributed by atoms with Crippen molar-refractivity contribution in [3.63, 3.8) is 0 Å². The molecular formula is C10H23NO2. The van der Waals surface area contributed by atoms with Gasteiger partial charge in [-0.05, 0) is 19.8 Å². The molecular weight excluding hydrogens is 166 g/mol. The summed E-state index contributed by atoms with van der Waals surface area (Å²) >= 11 is 0. The number of hydrogen-bond acceptors (Lipinski definition) is 2. The van der Waals surface area contributed by atoms with E-state index >= 15 is 0 Å². The van der Waals surface area contributed by atoms with Gasteiger partial charge in [-0.15, -0.1) is 0 Å². The molecule has 1 atom stereocenters. The summed E-state index contributed by atoms with van der Waals surface area (Å²) in [5.41, 5.74) is 0. The first-order chi connectivity index (χ1) is 6.07. The zero-order chi connectivity index (χ0) is 10.9. The van der Waals surface area contributed by atoms with Gasteiger partial charge in [0.25, 0.3) is 0 Å². The molecule has 0 aromatic heterocycles. The Balaban J connectivity index is 0. The van der Waals surface area contributed by atoms with Crippen LogP contribution in [-0.4, -0.2) is 18.7 Å². The van der Waals surface area contributed by atoms with Crippen LogP contribution in [0.4, 0.5) is 4.79 Å². The van der Waals surface area contributed by atoms with Crippen LogP contribution in [0.15, 0.2) is 0 Å². The lowest BCUT2D eigenvalue weighted by Gasteiger charge is -2.16. The highest BCUT2D eigenvalue weighted by Crippen LogP contribution is 2.04. The van der Waals surface area contributed by atoms with E-state index in [9.17, 15) is 4.79 Å². The predicted molar refractivity (Wildman–Crippen MR) is 55.8 cm³/mol. The molecule has 0 unspecified atom stereocenters. The van der Waals surface area contributed by atoms with Crippen molar-refractivity contribution in [2.75, 3.05) is 6.54 Å². The molecule has 0 rings (SSSR count). The number of carbonyl (C=O) groups excluding carboxylic acids is 1. The Bertz CT molecular complexity index is 124. The van der Waals surface area contributed by atoms with Crippen LogP contribution in [-0.2, 0) is 4.74 Å². The van der Waals surface area contributed by atoms with Crippen LogP contribution in [0.3, 0.4) is 0 Å². The van der Waals surface area contributed by atoms with Gasteiger partial charge in [0.05, 0.1) is 0 Å². The Morgan fingerprint density at radius 3 is 2.08 bits per heavy atom. The molecule has 0 heterocycles. The van der Waals surface area contributed by atoms with Crippen molar-refractivity contribution < 1.29 is 9.53 Å². The highest BCUT2D eigenvalue weighted by atomic mass is 16.6. The Labute approximate surface area is 81.9 Å². The maximum Gasteiger partial charge on any atom is 0.407 e. The standard InChI is InChI=1S/C8H17NO2.C2H6/c1-5-9-8(10)11-7(4)6(2)3;1-2/h6-7H,5H2,1-4H3,(H,9,10);1-2H3/t7-;/m0./s1. The summed E-state index contributed by atoms with van der Waals surface area (Å²) in [5, 5.41) is 2.57. The smallest absolute Gasteiger partial charge is 0.407 e. The molecule has 0 spiro atoms. The molecule has 1 amide bonds. The van der Waals surface area contributed by atoms with Crippen molar-refractivity contribution in [2.45, 2.75) is 47.6 Å². The molecule has 0 fully saturated rings. The van der Waals surface area contributed by atoms with E-state index in [4.69, 9.17) is 4.74 Å². The van der Waals surface area contributed by atoms with Crippen molar-refractivity contribution in [1.82, 2.24) is 5.32 Å². The minimum absolute atomic E-state index is 0.0125. The van der Waals surface area contributed by atoms with E-state index in [0.717, 1.165) is 0 Å². The maximum atomic E-state index is 10.8. The van der Waals surface area contributed by atoms with Crippen LogP contribution in [0.2, 0.25) is 0 Å². The second-order valence-electron chi connectivity index (χ2n) is 2.88. The summed E-state index contributed by atoms with van der Waals surface area (Å²) in [6.07, 6.45) is -0.338. The van der Waals surface area contributed by atoms with Crippen molar-refractivity contribution in [3.05, 3.63) is 0 Å². The van der Waals surface area contributed by atoms with Gasteiger partial charge in [0.1, 0.15) is 6.10 Å². The second kappa shape index (κ2) is 9.36. The van der Waals surface area contributed by atoms with Gasteiger partial charge in [-0.25, -0.2) is 4.79 Å². The van der Waals surface area contributed by atoms with E-state index < -0.39 is 0 Å². The fourth-order valence-corrected chi connectivity index (χ4v) is 0.491. The summed E-state index contributed by atoms with van der Waals surface area (Å²) < 4.78 is 5.00. The topological polar surface area (TPSA) is 38.3 Å². The quantitative estimate of drug-likeness (QED) is 0.741. The lowest BCUT2D eigenvalue weighted by Crippen LogP contribution is -2.29. The van der Waals surface area contributed by atoms with Gasteiger partial charge in [-0.2, -0.15) is 0 Å². The first-order valence-electron chi connectivity index (χ1n) is 5.02. The molecule has 0 saturated heterocycles. The summed E-state index contributed by atoms with van der Waals surface area (Å²) in [6.45, 7) is 12.4. The molecule has 3 nitrogen and oxygen atoms in total. The predicted octanol–water partition coefficient (Wildman–Crippen LogP) is 2.80. The third-order valence-electron chi connectivity index (χ3n) is 1.55. The van der Waals surface area contributed by atoms with Crippen LogP contribution in [0.5, 0.6) is 0 Å². The average Bonchev–Trinajstić information content (AvgIpc) is 2.08. The number of alkyl carbamates (subject to hydrolysis) is 1. The summed E-state index contributed by atoms with van der Waals surface area (Å²) in [4.78, 5) is 10.8. The van der Waals surface area contributed by atoms with Crippen LogP contribution in [0, 0.1) is 5.92 Å². The maximum absolute atomic E-state index is 10.8. The zero-order valence-corrected chi connectivity index (χ0v) is 9.68. The fourth-order valence-electron chi connectivity index (χ4n) is 0.491. The van der Waals surface area contributed by atoms with Gasteiger partial charge in [-0.3, -0.25) is 0 Å². The number of nitrogens with one attached hydrogen (secondary N) is 1. The van der Waals surface area contributed by atoms with Gasteiger partial charge in [0.15, 0.2) is 0 Å². The van der Waals surface area contributed by atoms with Gasteiger partial charge >= 0.3 is 6.09 Å². The highest BCUT2D eigenvalue weighted by Gasteiger charge is 2.11. The molecule has 0 saturated carbocycles. The minimum Gasteiger partial charge on any atom is -0.446 e. The van der Waals surface area contributed by atoms with Crippen LogP contribution >= 0.6 is 0 Å². The van der Waals surface area contributed by atoms with Crippen molar-refractivity contribution in [3.8, 4) is 0 Å². The first kappa shape index (κ1) is 14.8. The Hall–Kier alpha value is -0.730. The number of ether oxygens (including phenoxy) is 1.